The fourth-order valence-corrected chi connectivity index (χ4v) is 1.25. The Kier molecular flexibility index (Phi) is 3.80. The fourth-order valence-electron chi connectivity index (χ4n) is 1.14. The first-order valence-corrected chi connectivity index (χ1v) is 4.80. The summed E-state index contributed by atoms with van der Waals surface area (Å²) in [5.41, 5.74) is 5.04. The summed E-state index contributed by atoms with van der Waals surface area (Å²) < 4.78 is 5.01. The van der Waals surface area contributed by atoms with Gasteiger partial charge in [-0.3, -0.25) is 4.79 Å². The van der Waals surface area contributed by atoms with E-state index in [4.69, 9.17) is 22.1 Å². The molecule has 1 rings (SSSR count). The number of alkyl halides is 1. The summed E-state index contributed by atoms with van der Waals surface area (Å²) >= 11 is 5.79. The van der Waals surface area contributed by atoms with Crippen molar-refractivity contribution in [1.29, 1.82) is 0 Å². The number of anilines is 1. The topological polar surface area (TPSA) is 55.6 Å². The number of halogens is 1. The number of methoxy groups -OCH3 is 1. The van der Waals surface area contributed by atoms with Crippen LogP contribution in [0.5, 0.6) is 5.75 Å². The standard InChI is InChI=1S/C10H13ClN2O2/c1-13(9(11)10(12)14)7-3-5-8(15-2)6-4-7/h3-6,9H,1-2H3,(H2,12,14). The van der Waals surface area contributed by atoms with Gasteiger partial charge < -0.3 is 15.4 Å². The van der Waals surface area contributed by atoms with Crippen LogP contribution in [-0.2, 0) is 4.79 Å². The Labute approximate surface area is 93.6 Å². The lowest BCUT2D eigenvalue weighted by molar-refractivity contribution is -0.117. The van der Waals surface area contributed by atoms with Gasteiger partial charge in [0.05, 0.1) is 7.11 Å². The van der Waals surface area contributed by atoms with E-state index in [1.807, 2.05) is 0 Å². The van der Waals surface area contributed by atoms with Crippen molar-refractivity contribution < 1.29 is 9.53 Å². The van der Waals surface area contributed by atoms with E-state index in [9.17, 15) is 4.79 Å². The van der Waals surface area contributed by atoms with Crippen molar-refractivity contribution in [2.24, 2.45) is 5.73 Å². The third kappa shape index (κ3) is 2.76. The molecule has 2 N–H and O–H groups in total. The molecule has 0 fully saturated rings. The Bertz CT molecular complexity index is 340. The Balaban J connectivity index is 2.82. The number of rotatable bonds is 4. The second kappa shape index (κ2) is 4.89. The molecule has 0 radical (unpaired) electrons. The van der Waals surface area contributed by atoms with Gasteiger partial charge in [0, 0.05) is 12.7 Å². The van der Waals surface area contributed by atoms with Crippen LogP contribution in [0.1, 0.15) is 0 Å². The first kappa shape index (κ1) is 11.7. The fraction of sp³-hybridized carbons (Fsp3) is 0.300. The average molecular weight is 229 g/mol. The van der Waals surface area contributed by atoms with Crippen molar-refractivity contribution in [2.75, 3.05) is 19.1 Å². The molecule has 1 atom stereocenters. The smallest absolute Gasteiger partial charge is 0.255 e. The van der Waals surface area contributed by atoms with Crippen LogP contribution >= 0.6 is 11.6 Å². The van der Waals surface area contributed by atoms with Gasteiger partial charge in [-0.15, -0.1) is 0 Å². The van der Waals surface area contributed by atoms with E-state index in [1.165, 1.54) is 0 Å². The zero-order valence-corrected chi connectivity index (χ0v) is 9.36. The summed E-state index contributed by atoms with van der Waals surface area (Å²) in [6.45, 7) is 0. The Hall–Kier alpha value is -1.42. The largest absolute Gasteiger partial charge is 0.497 e. The van der Waals surface area contributed by atoms with E-state index in [-0.39, 0.29) is 0 Å². The monoisotopic (exact) mass is 228 g/mol. The van der Waals surface area contributed by atoms with Gasteiger partial charge in [0.25, 0.3) is 5.91 Å². The number of nitrogens with zero attached hydrogens (tertiary/aromatic N) is 1. The van der Waals surface area contributed by atoms with Crippen molar-refractivity contribution in [3.8, 4) is 5.75 Å². The second-order valence-electron chi connectivity index (χ2n) is 3.05. The van der Waals surface area contributed by atoms with Crippen molar-refractivity contribution in [3.05, 3.63) is 24.3 Å². The molecule has 1 aromatic rings. The molecule has 0 aliphatic carbocycles. The predicted octanol–water partition coefficient (Wildman–Crippen LogP) is 1.18. The lowest BCUT2D eigenvalue weighted by Gasteiger charge is -2.22. The quantitative estimate of drug-likeness (QED) is 0.622. The van der Waals surface area contributed by atoms with E-state index in [1.54, 1.807) is 43.3 Å². The van der Waals surface area contributed by atoms with Crippen molar-refractivity contribution in [1.82, 2.24) is 0 Å². The minimum Gasteiger partial charge on any atom is -0.497 e. The first-order valence-electron chi connectivity index (χ1n) is 4.36. The van der Waals surface area contributed by atoms with Gasteiger partial charge in [0.2, 0.25) is 0 Å². The van der Waals surface area contributed by atoms with Gasteiger partial charge in [-0.1, -0.05) is 11.6 Å². The molecular weight excluding hydrogens is 216 g/mol. The summed E-state index contributed by atoms with van der Waals surface area (Å²) in [5, 5.41) is 0. The van der Waals surface area contributed by atoms with Crippen LogP contribution < -0.4 is 15.4 Å². The molecular formula is C10H13ClN2O2. The number of carbonyl (C=O) groups is 1. The molecule has 0 aliphatic rings. The second-order valence-corrected chi connectivity index (χ2v) is 3.46. The van der Waals surface area contributed by atoms with E-state index in [0.717, 1.165) is 11.4 Å². The maximum absolute atomic E-state index is 10.9. The molecule has 0 aliphatic heterocycles. The number of hydrogen-bond donors (Lipinski definition) is 1. The summed E-state index contributed by atoms with van der Waals surface area (Å²) in [6, 6.07) is 7.18. The zero-order valence-electron chi connectivity index (χ0n) is 8.61. The summed E-state index contributed by atoms with van der Waals surface area (Å²) in [4.78, 5) is 12.4. The maximum Gasteiger partial charge on any atom is 0.255 e. The normalized spacial score (nSPS) is 11.9. The minimum atomic E-state index is -0.849. The van der Waals surface area contributed by atoms with Crippen LogP contribution in [0.25, 0.3) is 0 Å². The molecule has 0 aromatic heterocycles. The third-order valence-corrected chi connectivity index (χ3v) is 2.56. The van der Waals surface area contributed by atoms with Gasteiger partial charge >= 0.3 is 0 Å². The van der Waals surface area contributed by atoms with E-state index >= 15 is 0 Å². The van der Waals surface area contributed by atoms with Gasteiger partial charge in [-0.25, -0.2) is 0 Å². The number of primary amides is 1. The van der Waals surface area contributed by atoms with Crippen molar-refractivity contribution in [3.63, 3.8) is 0 Å². The lowest BCUT2D eigenvalue weighted by Crippen LogP contribution is -2.38. The Morgan fingerprint density at radius 2 is 2.00 bits per heavy atom. The Morgan fingerprint density at radius 1 is 1.47 bits per heavy atom. The number of ether oxygens (including phenoxy) is 1. The van der Waals surface area contributed by atoms with Gasteiger partial charge in [0.15, 0.2) is 5.50 Å². The molecule has 1 unspecified atom stereocenters. The summed E-state index contributed by atoms with van der Waals surface area (Å²) in [6.07, 6.45) is 0. The highest BCUT2D eigenvalue weighted by Crippen LogP contribution is 2.20. The van der Waals surface area contributed by atoms with Crippen molar-refractivity contribution >= 4 is 23.2 Å². The lowest BCUT2D eigenvalue weighted by atomic mass is 10.3. The first-order chi connectivity index (χ1) is 7.06. The maximum atomic E-state index is 10.9. The molecule has 1 amide bonds. The number of likely N-dealkylation sites (N-methyl/N-ethyl adjacent to an activating group) is 1. The average Bonchev–Trinajstić information content (AvgIpc) is 2.27. The number of carbonyl (C=O) groups excluding carboxylic acids is 1. The van der Waals surface area contributed by atoms with E-state index < -0.39 is 11.4 Å². The molecule has 0 saturated carbocycles. The third-order valence-electron chi connectivity index (χ3n) is 2.05. The highest BCUT2D eigenvalue weighted by Gasteiger charge is 2.17. The molecule has 4 nitrogen and oxygen atoms in total. The Morgan fingerprint density at radius 3 is 2.40 bits per heavy atom. The van der Waals surface area contributed by atoms with Gasteiger partial charge in [-0.2, -0.15) is 0 Å². The molecule has 82 valence electrons. The zero-order chi connectivity index (χ0) is 11.4. The van der Waals surface area contributed by atoms with Crippen molar-refractivity contribution in [2.45, 2.75) is 5.50 Å². The molecule has 5 heteroatoms. The summed E-state index contributed by atoms with van der Waals surface area (Å²) in [7, 11) is 3.29. The molecule has 15 heavy (non-hydrogen) atoms. The summed E-state index contributed by atoms with van der Waals surface area (Å²) in [5.74, 6) is 0.173. The SMILES string of the molecule is COc1ccc(N(C)C(Cl)C(N)=O)cc1. The minimum absolute atomic E-state index is 0.574. The molecule has 0 saturated heterocycles. The van der Waals surface area contributed by atoms with Crippen LogP contribution in [0.15, 0.2) is 24.3 Å². The number of benzene rings is 1. The number of hydrogen-bond acceptors (Lipinski definition) is 3. The molecule has 1 aromatic carbocycles. The van der Waals surface area contributed by atoms with E-state index in [0.29, 0.717) is 0 Å². The number of nitrogens with two attached hydrogens (primary N) is 1. The van der Waals surface area contributed by atoms with Crippen LogP contribution in [0.3, 0.4) is 0 Å². The molecule has 0 heterocycles. The van der Waals surface area contributed by atoms with E-state index in [2.05, 4.69) is 0 Å². The highest BCUT2D eigenvalue weighted by atomic mass is 35.5. The predicted molar refractivity (Wildman–Crippen MR) is 60.2 cm³/mol. The van der Waals surface area contributed by atoms with Gasteiger partial charge in [0.1, 0.15) is 5.75 Å². The molecule has 0 spiro atoms. The van der Waals surface area contributed by atoms with Crippen LogP contribution in [0.2, 0.25) is 0 Å². The van der Waals surface area contributed by atoms with Crippen LogP contribution in [-0.4, -0.2) is 25.6 Å². The van der Waals surface area contributed by atoms with Gasteiger partial charge in [-0.05, 0) is 24.3 Å². The van der Waals surface area contributed by atoms with Crippen LogP contribution in [0.4, 0.5) is 5.69 Å². The number of amides is 1. The molecule has 0 bridgehead atoms. The van der Waals surface area contributed by atoms with Crippen LogP contribution in [0, 0.1) is 0 Å². The highest BCUT2D eigenvalue weighted by molar-refractivity contribution is 6.31.